The summed E-state index contributed by atoms with van der Waals surface area (Å²) in [6.07, 6.45) is -0.913. The van der Waals surface area contributed by atoms with Crippen molar-refractivity contribution < 1.29 is 22.8 Å². The Morgan fingerprint density at radius 1 is 1.13 bits per heavy atom. The fourth-order valence-electron chi connectivity index (χ4n) is 3.23. The highest BCUT2D eigenvalue weighted by Crippen LogP contribution is 2.30. The van der Waals surface area contributed by atoms with Crippen LogP contribution in [0.4, 0.5) is 13.2 Å². The molecule has 31 heavy (non-hydrogen) atoms. The summed E-state index contributed by atoms with van der Waals surface area (Å²) in [7, 11) is 1.90. The zero-order chi connectivity index (χ0) is 23.2. The van der Waals surface area contributed by atoms with Gasteiger partial charge in [0.1, 0.15) is 6.54 Å². The van der Waals surface area contributed by atoms with E-state index in [4.69, 9.17) is 0 Å². The second-order valence-corrected chi connectivity index (χ2v) is 7.88. The molecule has 0 radical (unpaired) electrons. The number of carbonyl (C=O) groups is 2. The normalized spacial score (nSPS) is 11.6. The monoisotopic (exact) mass is 437 g/mol. The summed E-state index contributed by atoms with van der Waals surface area (Å²) in [6, 6.07) is 7.79. The summed E-state index contributed by atoms with van der Waals surface area (Å²) in [4.78, 5) is 29.1. The van der Waals surface area contributed by atoms with Crippen LogP contribution in [0.15, 0.2) is 42.6 Å². The number of aromatic nitrogens is 1. The van der Waals surface area contributed by atoms with Gasteiger partial charge in [0, 0.05) is 37.1 Å². The average Bonchev–Trinajstić information content (AvgIpc) is 3.12. The van der Waals surface area contributed by atoms with Gasteiger partial charge in [-0.3, -0.25) is 9.59 Å². The van der Waals surface area contributed by atoms with Crippen LogP contribution >= 0.6 is 0 Å². The Bertz CT molecular complexity index is 890. The Morgan fingerprint density at radius 2 is 1.84 bits per heavy atom. The Morgan fingerprint density at radius 3 is 2.39 bits per heavy atom. The number of benzene rings is 1. The van der Waals surface area contributed by atoms with E-state index in [1.807, 2.05) is 36.9 Å². The summed E-state index contributed by atoms with van der Waals surface area (Å²) in [5, 5.41) is 0. The maximum atomic E-state index is 13.1. The van der Waals surface area contributed by atoms with Crippen molar-refractivity contribution >= 4 is 11.8 Å². The van der Waals surface area contributed by atoms with Crippen LogP contribution in [0, 0.1) is 0 Å². The maximum Gasteiger partial charge on any atom is 0.416 e. The molecule has 2 rings (SSSR count). The second kappa shape index (κ2) is 10.5. The van der Waals surface area contributed by atoms with Gasteiger partial charge in [0.2, 0.25) is 5.91 Å². The lowest BCUT2D eigenvalue weighted by Gasteiger charge is -2.30. The van der Waals surface area contributed by atoms with Crippen LogP contribution in [0.1, 0.15) is 55.2 Å². The molecule has 0 saturated heterocycles. The van der Waals surface area contributed by atoms with Crippen molar-refractivity contribution in [3.05, 3.63) is 59.4 Å². The molecule has 0 bridgehead atoms. The van der Waals surface area contributed by atoms with Crippen LogP contribution in [0.25, 0.3) is 0 Å². The van der Waals surface area contributed by atoms with Crippen molar-refractivity contribution in [1.29, 1.82) is 0 Å². The summed E-state index contributed by atoms with van der Waals surface area (Å²) >= 11 is 0. The van der Waals surface area contributed by atoms with E-state index in [0.29, 0.717) is 13.1 Å². The number of halogens is 3. The Balaban J connectivity index is 2.22. The van der Waals surface area contributed by atoms with Crippen LogP contribution in [0.2, 0.25) is 0 Å². The van der Waals surface area contributed by atoms with Gasteiger partial charge in [0.25, 0.3) is 5.91 Å². The third-order valence-electron chi connectivity index (χ3n) is 5.17. The van der Waals surface area contributed by atoms with Gasteiger partial charge in [0.15, 0.2) is 0 Å². The molecule has 2 aromatic rings. The predicted octanol–water partition coefficient (Wildman–Crippen LogP) is 4.72. The number of rotatable bonds is 9. The number of amides is 2. The second-order valence-electron chi connectivity index (χ2n) is 7.88. The fourth-order valence-corrected chi connectivity index (χ4v) is 3.23. The molecule has 0 saturated carbocycles. The third-order valence-corrected chi connectivity index (χ3v) is 5.17. The topological polar surface area (TPSA) is 45.6 Å². The number of unbranched alkanes of at least 4 members (excludes halogenated alkanes) is 1. The molecule has 0 spiro atoms. The highest BCUT2D eigenvalue weighted by atomic mass is 19.4. The molecular weight excluding hydrogens is 407 g/mol. The van der Waals surface area contributed by atoms with Crippen LogP contribution < -0.4 is 0 Å². The van der Waals surface area contributed by atoms with Crippen LogP contribution in [0.5, 0.6) is 0 Å². The molecule has 0 unspecified atom stereocenters. The Labute approximate surface area is 181 Å². The quantitative estimate of drug-likeness (QED) is 0.570. The highest BCUT2D eigenvalue weighted by molar-refractivity contribution is 5.96. The molecule has 8 heteroatoms. The SMILES string of the molecule is CCCCN(Cc1cccn1C)C(=O)CN(C(=O)c1cccc(C(F)(F)F)c1)C(C)C. The van der Waals surface area contributed by atoms with E-state index in [2.05, 4.69) is 0 Å². The van der Waals surface area contributed by atoms with E-state index in [0.717, 1.165) is 30.7 Å². The van der Waals surface area contributed by atoms with E-state index >= 15 is 0 Å². The minimum Gasteiger partial charge on any atom is -0.353 e. The molecule has 0 aliphatic carbocycles. The molecule has 0 atom stereocenters. The number of hydrogen-bond donors (Lipinski definition) is 0. The number of carbonyl (C=O) groups excluding carboxylic acids is 2. The molecule has 0 fully saturated rings. The van der Waals surface area contributed by atoms with Gasteiger partial charge in [-0.15, -0.1) is 0 Å². The zero-order valence-electron chi connectivity index (χ0n) is 18.4. The predicted molar refractivity (Wildman–Crippen MR) is 113 cm³/mol. The maximum absolute atomic E-state index is 13.1. The summed E-state index contributed by atoms with van der Waals surface area (Å²) in [6.45, 7) is 6.28. The van der Waals surface area contributed by atoms with Crippen molar-refractivity contribution in [3.8, 4) is 0 Å². The van der Waals surface area contributed by atoms with Gasteiger partial charge >= 0.3 is 6.18 Å². The molecule has 170 valence electrons. The highest BCUT2D eigenvalue weighted by Gasteiger charge is 2.32. The molecule has 0 aliphatic heterocycles. The standard InChI is InChI=1S/C23H30F3N3O2/c1-5-6-13-28(15-20-11-8-12-27(20)4)21(30)16-29(17(2)3)22(31)18-9-7-10-19(14-18)23(24,25)26/h7-12,14,17H,5-6,13,15-16H2,1-4H3. The molecule has 1 aromatic carbocycles. The molecule has 1 heterocycles. The van der Waals surface area contributed by atoms with Crippen molar-refractivity contribution in [2.45, 2.75) is 52.4 Å². The molecular formula is C23H30F3N3O2. The van der Waals surface area contributed by atoms with Gasteiger partial charge in [-0.2, -0.15) is 13.2 Å². The molecule has 0 N–H and O–H groups in total. The number of aryl methyl sites for hydroxylation is 1. The summed E-state index contributed by atoms with van der Waals surface area (Å²) in [5.41, 5.74) is -0.00899. The minimum atomic E-state index is -4.54. The molecule has 5 nitrogen and oxygen atoms in total. The van der Waals surface area contributed by atoms with Gasteiger partial charge in [-0.05, 0) is 50.6 Å². The van der Waals surface area contributed by atoms with E-state index < -0.39 is 17.6 Å². The van der Waals surface area contributed by atoms with Crippen molar-refractivity contribution in [2.24, 2.45) is 7.05 Å². The lowest BCUT2D eigenvalue weighted by molar-refractivity contribution is -0.137. The lowest BCUT2D eigenvalue weighted by Crippen LogP contribution is -2.46. The van der Waals surface area contributed by atoms with Crippen molar-refractivity contribution in [3.63, 3.8) is 0 Å². The number of nitrogens with zero attached hydrogens (tertiary/aromatic N) is 3. The summed E-state index contributed by atoms with van der Waals surface area (Å²) < 4.78 is 41.1. The van der Waals surface area contributed by atoms with E-state index in [1.54, 1.807) is 18.7 Å². The Kier molecular flexibility index (Phi) is 8.30. The average molecular weight is 438 g/mol. The smallest absolute Gasteiger partial charge is 0.353 e. The largest absolute Gasteiger partial charge is 0.416 e. The molecule has 1 aromatic heterocycles. The molecule has 0 aliphatic rings. The van der Waals surface area contributed by atoms with Gasteiger partial charge in [-0.1, -0.05) is 19.4 Å². The number of hydrogen-bond acceptors (Lipinski definition) is 2. The first kappa shape index (κ1) is 24.5. The first-order valence-electron chi connectivity index (χ1n) is 10.4. The lowest BCUT2D eigenvalue weighted by atomic mass is 10.1. The van der Waals surface area contributed by atoms with Crippen molar-refractivity contribution in [2.75, 3.05) is 13.1 Å². The number of alkyl halides is 3. The van der Waals surface area contributed by atoms with Crippen LogP contribution in [-0.2, 0) is 24.6 Å². The van der Waals surface area contributed by atoms with Gasteiger partial charge < -0.3 is 14.4 Å². The zero-order valence-corrected chi connectivity index (χ0v) is 18.4. The Hall–Kier alpha value is -2.77. The summed E-state index contributed by atoms with van der Waals surface area (Å²) in [5.74, 6) is -0.826. The van der Waals surface area contributed by atoms with E-state index in [1.165, 1.54) is 17.0 Å². The van der Waals surface area contributed by atoms with Gasteiger partial charge in [0.05, 0.1) is 12.1 Å². The van der Waals surface area contributed by atoms with Crippen LogP contribution in [-0.4, -0.2) is 45.3 Å². The fraction of sp³-hybridized carbons (Fsp3) is 0.478. The van der Waals surface area contributed by atoms with Crippen molar-refractivity contribution in [1.82, 2.24) is 14.4 Å². The first-order chi connectivity index (χ1) is 14.5. The minimum absolute atomic E-state index is 0.0844. The first-order valence-corrected chi connectivity index (χ1v) is 10.4. The third kappa shape index (κ3) is 6.60. The van der Waals surface area contributed by atoms with Gasteiger partial charge in [-0.25, -0.2) is 0 Å². The van der Waals surface area contributed by atoms with E-state index in [-0.39, 0.29) is 24.1 Å². The van der Waals surface area contributed by atoms with Crippen LogP contribution in [0.3, 0.4) is 0 Å². The molecule has 2 amide bonds. The van der Waals surface area contributed by atoms with E-state index in [9.17, 15) is 22.8 Å².